The van der Waals surface area contributed by atoms with Crippen molar-refractivity contribution in [1.29, 1.82) is 0 Å². The molecule has 2 N–H and O–H groups in total. The van der Waals surface area contributed by atoms with Gasteiger partial charge in [0.2, 0.25) is 0 Å². The lowest BCUT2D eigenvalue weighted by Gasteiger charge is -2.25. The highest BCUT2D eigenvalue weighted by atomic mass is 35.5. The van der Waals surface area contributed by atoms with Crippen LogP contribution < -0.4 is 5.32 Å². The van der Waals surface area contributed by atoms with Crippen LogP contribution >= 0.6 is 11.6 Å². The molecule has 3 heteroatoms. The van der Waals surface area contributed by atoms with Crippen molar-refractivity contribution >= 4 is 11.6 Å². The lowest BCUT2D eigenvalue weighted by Crippen LogP contribution is -2.40. The number of hydrogen-bond donors (Lipinski definition) is 2. The van der Waals surface area contributed by atoms with Gasteiger partial charge in [0.15, 0.2) is 0 Å². The van der Waals surface area contributed by atoms with Gasteiger partial charge in [-0.1, -0.05) is 11.6 Å². The highest BCUT2D eigenvalue weighted by molar-refractivity contribution is 6.25. The topological polar surface area (TPSA) is 32.3 Å². The zero-order chi connectivity index (χ0) is 9.61. The Balaban J connectivity index is 3.75. The van der Waals surface area contributed by atoms with E-state index in [-0.39, 0.29) is 12.1 Å². The zero-order valence-electron chi connectivity index (χ0n) is 8.02. The number of aliphatic hydroxyl groups is 1. The van der Waals surface area contributed by atoms with Crippen LogP contribution in [0, 0.1) is 0 Å². The molecule has 0 heterocycles. The first kappa shape index (κ1) is 11.9. The largest absolute Gasteiger partial charge is 0.396 e. The van der Waals surface area contributed by atoms with E-state index in [2.05, 4.69) is 19.2 Å². The van der Waals surface area contributed by atoms with Gasteiger partial charge in [-0.05, 0) is 32.8 Å². The van der Waals surface area contributed by atoms with Crippen LogP contribution in [0.25, 0.3) is 0 Å². The fourth-order valence-electron chi connectivity index (χ4n) is 0.785. The molecule has 0 aliphatic rings. The third-order valence-corrected chi connectivity index (χ3v) is 2.14. The van der Waals surface area contributed by atoms with Gasteiger partial charge >= 0.3 is 0 Å². The Morgan fingerprint density at radius 3 is 2.58 bits per heavy atom. The summed E-state index contributed by atoms with van der Waals surface area (Å²) < 4.78 is 0. The van der Waals surface area contributed by atoms with Gasteiger partial charge in [-0.3, -0.25) is 0 Å². The highest BCUT2D eigenvalue weighted by Crippen LogP contribution is 2.07. The molecule has 0 unspecified atom stereocenters. The second-order valence-electron chi connectivity index (χ2n) is 3.67. The molecule has 2 nitrogen and oxygen atoms in total. The molecule has 0 spiro atoms. The predicted octanol–water partition coefficient (Wildman–Crippen LogP) is 1.88. The van der Waals surface area contributed by atoms with Crippen LogP contribution in [0.1, 0.15) is 27.2 Å². The standard InChI is InChI=1S/C9H18ClNO/c1-8(6-10)7-11-9(2,3)4-5-12/h6,11-12H,4-5,7H2,1-3H3. The number of halogens is 1. The molecular weight excluding hydrogens is 174 g/mol. The molecule has 0 rings (SSSR count). The Morgan fingerprint density at radius 1 is 1.58 bits per heavy atom. The van der Waals surface area contributed by atoms with Crippen LogP contribution in [0.2, 0.25) is 0 Å². The summed E-state index contributed by atoms with van der Waals surface area (Å²) in [5, 5.41) is 12.0. The molecule has 0 aliphatic carbocycles. The van der Waals surface area contributed by atoms with Crippen LogP contribution in [0.15, 0.2) is 11.1 Å². The van der Waals surface area contributed by atoms with Gasteiger partial charge in [-0.25, -0.2) is 0 Å². The molecule has 0 amide bonds. The molecule has 0 aliphatic heterocycles. The summed E-state index contributed by atoms with van der Waals surface area (Å²) >= 11 is 5.51. The smallest absolute Gasteiger partial charge is 0.0448 e. The monoisotopic (exact) mass is 191 g/mol. The van der Waals surface area contributed by atoms with E-state index in [1.165, 1.54) is 0 Å². The van der Waals surface area contributed by atoms with Gasteiger partial charge in [0, 0.05) is 24.2 Å². The maximum absolute atomic E-state index is 8.74. The van der Waals surface area contributed by atoms with Gasteiger partial charge in [0.1, 0.15) is 0 Å². The van der Waals surface area contributed by atoms with Crippen LogP contribution in [-0.4, -0.2) is 23.8 Å². The van der Waals surface area contributed by atoms with E-state index in [1.807, 2.05) is 6.92 Å². The summed E-state index contributed by atoms with van der Waals surface area (Å²) in [5.41, 5.74) is 2.65. The molecule has 0 bridgehead atoms. The average molecular weight is 192 g/mol. The van der Waals surface area contributed by atoms with E-state index < -0.39 is 0 Å². The molecule has 12 heavy (non-hydrogen) atoms. The number of aliphatic hydroxyl groups excluding tert-OH is 1. The third kappa shape index (κ3) is 5.58. The Labute approximate surface area is 79.6 Å². The molecule has 0 radical (unpaired) electrons. The van der Waals surface area contributed by atoms with Crippen molar-refractivity contribution in [3.8, 4) is 0 Å². The highest BCUT2D eigenvalue weighted by Gasteiger charge is 2.15. The van der Waals surface area contributed by atoms with Crippen LogP contribution in [0.5, 0.6) is 0 Å². The maximum atomic E-state index is 8.74. The SMILES string of the molecule is CC(=CCl)CNC(C)(C)CCO. The van der Waals surface area contributed by atoms with Crippen molar-refractivity contribution in [1.82, 2.24) is 5.32 Å². The quantitative estimate of drug-likeness (QED) is 0.696. The number of nitrogens with one attached hydrogen (secondary N) is 1. The lowest BCUT2D eigenvalue weighted by molar-refractivity contribution is 0.234. The Bertz CT molecular complexity index is 155. The van der Waals surface area contributed by atoms with Gasteiger partial charge < -0.3 is 10.4 Å². The minimum Gasteiger partial charge on any atom is -0.396 e. The van der Waals surface area contributed by atoms with Crippen molar-refractivity contribution in [2.45, 2.75) is 32.7 Å². The van der Waals surface area contributed by atoms with Gasteiger partial charge in [0.25, 0.3) is 0 Å². The van der Waals surface area contributed by atoms with Gasteiger partial charge in [0.05, 0.1) is 0 Å². The van der Waals surface area contributed by atoms with Gasteiger partial charge in [-0.2, -0.15) is 0 Å². The normalized spacial score (nSPS) is 13.6. The minimum atomic E-state index is -0.0179. The first-order chi connectivity index (χ1) is 5.52. The average Bonchev–Trinajstić information content (AvgIpc) is 2.00. The summed E-state index contributed by atoms with van der Waals surface area (Å²) in [5.74, 6) is 0. The molecule has 72 valence electrons. The van der Waals surface area contributed by atoms with E-state index >= 15 is 0 Å². The van der Waals surface area contributed by atoms with Crippen LogP contribution in [0.4, 0.5) is 0 Å². The van der Waals surface area contributed by atoms with E-state index in [0.717, 1.165) is 18.5 Å². The summed E-state index contributed by atoms with van der Waals surface area (Å²) in [6.07, 6.45) is 0.753. The molecule has 0 saturated carbocycles. The number of rotatable bonds is 5. The van der Waals surface area contributed by atoms with Crippen molar-refractivity contribution in [2.24, 2.45) is 0 Å². The summed E-state index contributed by atoms with van der Waals surface area (Å²) in [6.45, 7) is 7.07. The first-order valence-electron chi connectivity index (χ1n) is 4.13. The van der Waals surface area contributed by atoms with E-state index in [1.54, 1.807) is 5.54 Å². The van der Waals surface area contributed by atoms with Crippen molar-refractivity contribution < 1.29 is 5.11 Å². The van der Waals surface area contributed by atoms with E-state index in [9.17, 15) is 0 Å². The molecule has 0 aromatic rings. The lowest BCUT2D eigenvalue weighted by atomic mass is 10.0. The second kappa shape index (κ2) is 5.57. The molecule has 0 aromatic carbocycles. The molecule has 0 saturated heterocycles. The minimum absolute atomic E-state index is 0.0179. The molecule has 0 fully saturated rings. The first-order valence-corrected chi connectivity index (χ1v) is 4.57. The molecular formula is C9H18ClNO. The third-order valence-electron chi connectivity index (χ3n) is 1.77. The molecule has 0 aromatic heterocycles. The molecule has 0 atom stereocenters. The fourth-order valence-corrected chi connectivity index (χ4v) is 0.862. The van der Waals surface area contributed by atoms with Gasteiger partial charge in [-0.15, -0.1) is 0 Å². The summed E-state index contributed by atoms with van der Waals surface area (Å²) in [4.78, 5) is 0. The Morgan fingerprint density at radius 2 is 2.17 bits per heavy atom. The van der Waals surface area contributed by atoms with E-state index in [0.29, 0.717) is 0 Å². The second-order valence-corrected chi connectivity index (χ2v) is 3.88. The fraction of sp³-hybridized carbons (Fsp3) is 0.778. The van der Waals surface area contributed by atoms with Crippen LogP contribution in [0.3, 0.4) is 0 Å². The zero-order valence-corrected chi connectivity index (χ0v) is 8.78. The Hall–Kier alpha value is -0.0500. The number of hydrogen-bond acceptors (Lipinski definition) is 2. The van der Waals surface area contributed by atoms with Crippen LogP contribution in [-0.2, 0) is 0 Å². The van der Waals surface area contributed by atoms with Crippen molar-refractivity contribution in [3.63, 3.8) is 0 Å². The Kier molecular flexibility index (Phi) is 5.55. The van der Waals surface area contributed by atoms with Crippen molar-refractivity contribution in [2.75, 3.05) is 13.2 Å². The predicted molar refractivity (Wildman–Crippen MR) is 53.4 cm³/mol. The van der Waals surface area contributed by atoms with Crippen molar-refractivity contribution in [3.05, 3.63) is 11.1 Å². The summed E-state index contributed by atoms with van der Waals surface area (Å²) in [7, 11) is 0. The maximum Gasteiger partial charge on any atom is 0.0448 e. The van der Waals surface area contributed by atoms with E-state index in [4.69, 9.17) is 16.7 Å². The summed E-state index contributed by atoms with van der Waals surface area (Å²) in [6, 6.07) is 0.